The Kier molecular flexibility index (Phi) is 7.00. The molecular formula is C11H18O5. The number of carbonyl (C=O) groups excluding carboxylic acids is 2. The van der Waals surface area contributed by atoms with Crippen LogP contribution in [-0.2, 0) is 23.8 Å². The van der Waals surface area contributed by atoms with Crippen LogP contribution in [0.4, 0.5) is 0 Å². The van der Waals surface area contributed by atoms with Gasteiger partial charge >= 0.3 is 11.9 Å². The van der Waals surface area contributed by atoms with Crippen molar-refractivity contribution in [3.63, 3.8) is 0 Å². The molecule has 0 bridgehead atoms. The summed E-state index contributed by atoms with van der Waals surface area (Å²) in [5, 5.41) is 0. The number of rotatable bonds is 6. The molecule has 0 saturated carbocycles. The molecule has 0 unspecified atom stereocenters. The summed E-state index contributed by atoms with van der Waals surface area (Å²) in [6.45, 7) is 7.38. The molecule has 0 aromatic carbocycles. The van der Waals surface area contributed by atoms with Gasteiger partial charge in [-0.05, 0) is 27.7 Å². The minimum atomic E-state index is -0.716. The zero-order valence-electron chi connectivity index (χ0n) is 10.2. The van der Waals surface area contributed by atoms with Crippen molar-refractivity contribution >= 4 is 11.9 Å². The lowest BCUT2D eigenvalue weighted by atomic mass is 10.2. The van der Waals surface area contributed by atoms with Gasteiger partial charge in [-0.1, -0.05) is 0 Å². The van der Waals surface area contributed by atoms with E-state index in [2.05, 4.69) is 0 Å². The fraction of sp³-hybridized carbons (Fsp3) is 0.636. The standard InChI is InChI=1S/C11H18O5/c1-5-14-8(4)9(10(12)15-6-2)11(13)16-7-3/h5-7H2,1-4H3. The highest BCUT2D eigenvalue weighted by Crippen LogP contribution is 2.10. The molecule has 0 N–H and O–H groups in total. The number of carbonyl (C=O) groups is 2. The Hall–Kier alpha value is -1.52. The van der Waals surface area contributed by atoms with Crippen LogP contribution in [0.5, 0.6) is 0 Å². The van der Waals surface area contributed by atoms with Crippen LogP contribution in [0.2, 0.25) is 0 Å². The van der Waals surface area contributed by atoms with Crippen molar-refractivity contribution in [3.05, 3.63) is 11.3 Å². The molecule has 0 radical (unpaired) electrons. The summed E-state index contributed by atoms with van der Waals surface area (Å²) < 4.78 is 14.6. The Bertz CT molecular complexity index is 260. The average Bonchev–Trinajstić information content (AvgIpc) is 2.19. The van der Waals surface area contributed by atoms with Gasteiger partial charge in [0.25, 0.3) is 0 Å². The van der Waals surface area contributed by atoms with E-state index in [-0.39, 0.29) is 24.5 Å². The van der Waals surface area contributed by atoms with Gasteiger partial charge in [0, 0.05) is 0 Å². The molecule has 0 aliphatic heterocycles. The molecule has 0 aromatic heterocycles. The number of hydrogen-bond donors (Lipinski definition) is 0. The number of ether oxygens (including phenoxy) is 3. The normalized spacial score (nSPS) is 9.25. The number of esters is 2. The van der Waals surface area contributed by atoms with Crippen molar-refractivity contribution in [1.29, 1.82) is 0 Å². The summed E-state index contributed by atoms with van der Waals surface area (Å²) in [5.41, 5.74) is -0.175. The average molecular weight is 230 g/mol. The van der Waals surface area contributed by atoms with E-state index >= 15 is 0 Å². The van der Waals surface area contributed by atoms with Gasteiger partial charge in [0.15, 0.2) is 5.57 Å². The molecular weight excluding hydrogens is 212 g/mol. The van der Waals surface area contributed by atoms with Crippen LogP contribution < -0.4 is 0 Å². The van der Waals surface area contributed by atoms with Crippen molar-refractivity contribution in [2.24, 2.45) is 0 Å². The van der Waals surface area contributed by atoms with Gasteiger partial charge in [-0.25, -0.2) is 9.59 Å². The van der Waals surface area contributed by atoms with Crippen molar-refractivity contribution in [2.45, 2.75) is 27.7 Å². The molecule has 0 heterocycles. The first-order valence-corrected chi connectivity index (χ1v) is 5.26. The Balaban J connectivity index is 4.96. The summed E-state index contributed by atoms with van der Waals surface area (Å²) in [5.74, 6) is -1.21. The second kappa shape index (κ2) is 7.73. The first-order valence-electron chi connectivity index (χ1n) is 5.26. The molecule has 5 heteroatoms. The van der Waals surface area contributed by atoms with Gasteiger partial charge in [0.1, 0.15) is 5.76 Å². The third-order valence-electron chi connectivity index (χ3n) is 1.67. The van der Waals surface area contributed by atoms with E-state index in [1.165, 1.54) is 6.92 Å². The zero-order valence-corrected chi connectivity index (χ0v) is 10.2. The Labute approximate surface area is 95.4 Å². The summed E-state index contributed by atoms with van der Waals surface area (Å²) in [4.78, 5) is 23.0. The molecule has 0 saturated heterocycles. The van der Waals surface area contributed by atoms with E-state index in [4.69, 9.17) is 14.2 Å². The second-order valence-corrected chi connectivity index (χ2v) is 2.81. The van der Waals surface area contributed by atoms with Crippen molar-refractivity contribution in [3.8, 4) is 0 Å². The van der Waals surface area contributed by atoms with E-state index < -0.39 is 11.9 Å². The fourth-order valence-electron chi connectivity index (χ4n) is 1.07. The molecule has 0 spiro atoms. The van der Waals surface area contributed by atoms with Crippen LogP contribution >= 0.6 is 0 Å². The Morgan fingerprint density at radius 3 is 1.50 bits per heavy atom. The molecule has 0 rings (SSSR count). The number of hydrogen-bond acceptors (Lipinski definition) is 5. The third kappa shape index (κ3) is 4.33. The molecule has 0 atom stereocenters. The van der Waals surface area contributed by atoms with E-state index in [9.17, 15) is 9.59 Å². The van der Waals surface area contributed by atoms with Crippen LogP contribution in [0.3, 0.4) is 0 Å². The first-order chi connectivity index (χ1) is 7.58. The van der Waals surface area contributed by atoms with Crippen molar-refractivity contribution in [2.75, 3.05) is 19.8 Å². The molecule has 5 nitrogen and oxygen atoms in total. The first kappa shape index (κ1) is 14.5. The molecule has 0 aliphatic rings. The quantitative estimate of drug-likeness (QED) is 0.227. The van der Waals surface area contributed by atoms with Crippen LogP contribution in [0.25, 0.3) is 0 Å². The van der Waals surface area contributed by atoms with Crippen molar-refractivity contribution in [1.82, 2.24) is 0 Å². The van der Waals surface area contributed by atoms with Gasteiger partial charge in [0.2, 0.25) is 0 Å². The van der Waals surface area contributed by atoms with Crippen LogP contribution in [0.15, 0.2) is 11.3 Å². The summed E-state index contributed by atoms with van der Waals surface area (Å²) in [6.07, 6.45) is 0. The maximum atomic E-state index is 11.5. The van der Waals surface area contributed by atoms with E-state index in [1.54, 1.807) is 20.8 Å². The molecule has 0 aliphatic carbocycles. The van der Waals surface area contributed by atoms with Gasteiger partial charge in [0.05, 0.1) is 19.8 Å². The highest BCUT2D eigenvalue weighted by molar-refractivity contribution is 6.14. The van der Waals surface area contributed by atoms with Crippen LogP contribution in [0, 0.1) is 0 Å². The SMILES string of the molecule is CCOC(=O)C(C(=O)OCC)=C(C)OCC. The molecule has 0 fully saturated rings. The molecule has 16 heavy (non-hydrogen) atoms. The van der Waals surface area contributed by atoms with Crippen LogP contribution in [0.1, 0.15) is 27.7 Å². The van der Waals surface area contributed by atoms with Gasteiger partial charge in [-0.15, -0.1) is 0 Å². The maximum Gasteiger partial charge on any atom is 0.349 e. The second-order valence-electron chi connectivity index (χ2n) is 2.81. The number of allylic oxidation sites excluding steroid dienone is 1. The minimum Gasteiger partial charge on any atom is -0.497 e. The lowest BCUT2D eigenvalue weighted by Crippen LogP contribution is -2.20. The Morgan fingerprint density at radius 2 is 1.19 bits per heavy atom. The summed E-state index contributed by atoms with van der Waals surface area (Å²) in [7, 11) is 0. The van der Waals surface area contributed by atoms with Crippen LogP contribution in [-0.4, -0.2) is 31.8 Å². The lowest BCUT2D eigenvalue weighted by Gasteiger charge is -2.10. The van der Waals surface area contributed by atoms with E-state index in [1.807, 2.05) is 0 Å². The topological polar surface area (TPSA) is 61.8 Å². The summed E-state index contributed by atoms with van der Waals surface area (Å²) >= 11 is 0. The third-order valence-corrected chi connectivity index (χ3v) is 1.67. The molecule has 92 valence electrons. The van der Waals surface area contributed by atoms with Gasteiger partial charge in [-0.3, -0.25) is 0 Å². The predicted molar refractivity (Wildman–Crippen MR) is 57.6 cm³/mol. The van der Waals surface area contributed by atoms with E-state index in [0.29, 0.717) is 6.61 Å². The van der Waals surface area contributed by atoms with E-state index in [0.717, 1.165) is 0 Å². The molecule has 0 amide bonds. The van der Waals surface area contributed by atoms with Gasteiger partial charge < -0.3 is 14.2 Å². The van der Waals surface area contributed by atoms with Crippen molar-refractivity contribution < 1.29 is 23.8 Å². The minimum absolute atomic E-state index is 0.175. The predicted octanol–water partition coefficient (Wildman–Crippen LogP) is 1.42. The monoisotopic (exact) mass is 230 g/mol. The highest BCUT2D eigenvalue weighted by Gasteiger charge is 2.25. The zero-order chi connectivity index (χ0) is 12.6. The maximum absolute atomic E-state index is 11.5. The Morgan fingerprint density at radius 1 is 0.812 bits per heavy atom. The largest absolute Gasteiger partial charge is 0.497 e. The molecule has 0 aromatic rings. The summed E-state index contributed by atoms with van der Waals surface area (Å²) in [6, 6.07) is 0. The fourth-order valence-corrected chi connectivity index (χ4v) is 1.07. The highest BCUT2D eigenvalue weighted by atomic mass is 16.6. The van der Waals surface area contributed by atoms with Gasteiger partial charge in [-0.2, -0.15) is 0 Å². The lowest BCUT2D eigenvalue weighted by molar-refractivity contribution is -0.147. The smallest absolute Gasteiger partial charge is 0.349 e.